The fourth-order valence-corrected chi connectivity index (χ4v) is 2.96. The molecular formula is C21H23NO4. The Bertz CT molecular complexity index is 717. The fourth-order valence-electron chi connectivity index (χ4n) is 2.96. The molecule has 0 saturated carbocycles. The van der Waals surface area contributed by atoms with E-state index < -0.39 is 0 Å². The number of benzene rings is 2. The first-order valence-electron chi connectivity index (χ1n) is 8.88. The van der Waals surface area contributed by atoms with Gasteiger partial charge in [0.05, 0.1) is 12.5 Å². The molecule has 0 aliphatic carbocycles. The lowest BCUT2D eigenvalue weighted by Gasteiger charge is -2.16. The Hall–Kier alpha value is -2.82. The quantitative estimate of drug-likeness (QED) is 0.747. The average molecular weight is 353 g/mol. The van der Waals surface area contributed by atoms with Crippen molar-refractivity contribution in [3.63, 3.8) is 0 Å². The van der Waals surface area contributed by atoms with E-state index in [-0.39, 0.29) is 24.6 Å². The molecule has 0 aromatic heterocycles. The van der Waals surface area contributed by atoms with Crippen molar-refractivity contribution in [3.8, 4) is 0 Å². The Kier molecular flexibility index (Phi) is 6.25. The summed E-state index contributed by atoms with van der Waals surface area (Å²) in [5.41, 5.74) is 2.08. The second-order valence-corrected chi connectivity index (χ2v) is 6.37. The number of esters is 1. The molecule has 2 aromatic carbocycles. The third-order valence-electron chi connectivity index (χ3n) is 4.46. The highest BCUT2D eigenvalue weighted by Gasteiger charge is 2.32. The number of hydrogen-bond donors (Lipinski definition) is 0. The summed E-state index contributed by atoms with van der Waals surface area (Å²) in [6.07, 6.45) is 0.931. The topological polar surface area (TPSA) is 55.8 Å². The zero-order valence-electron chi connectivity index (χ0n) is 14.7. The van der Waals surface area contributed by atoms with Crippen LogP contribution < -0.4 is 0 Å². The molecule has 1 fully saturated rings. The van der Waals surface area contributed by atoms with Crippen molar-refractivity contribution < 1.29 is 19.1 Å². The lowest BCUT2D eigenvalue weighted by atomic mass is 10.1. The van der Waals surface area contributed by atoms with Crippen LogP contribution in [0, 0.1) is 5.92 Å². The van der Waals surface area contributed by atoms with Gasteiger partial charge in [-0.3, -0.25) is 4.79 Å². The van der Waals surface area contributed by atoms with E-state index in [9.17, 15) is 9.59 Å². The van der Waals surface area contributed by atoms with Crippen molar-refractivity contribution >= 4 is 12.1 Å². The Morgan fingerprint density at radius 2 is 1.58 bits per heavy atom. The third kappa shape index (κ3) is 5.09. The first-order chi connectivity index (χ1) is 12.7. The number of amides is 1. The van der Waals surface area contributed by atoms with Crippen LogP contribution >= 0.6 is 0 Å². The molecule has 1 aliphatic rings. The molecular weight excluding hydrogens is 330 g/mol. The highest BCUT2D eigenvalue weighted by atomic mass is 16.6. The monoisotopic (exact) mass is 353 g/mol. The maximum absolute atomic E-state index is 12.2. The molecule has 1 unspecified atom stereocenters. The highest BCUT2D eigenvalue weighted by molar-refractivity contribution is 5.75. The van der Waals surface area contributed by atoms with Crippen molar-refractivity contribution in [2.75, 3.05) is 19.7 Å². The van der Waals surface area contributed by atoms with E-state index in [1.54, 1.807) is 4.90 Å². The number of nitrogens with zero attached hydrogens (tertiary/aromatic N) is 1. The van der Waals surface area contributed by atoms with Gasteiger partial charge in [0.1, 0.15) is 6.61 Å². The van der Waals surface area contributed by atoms with Gasteiger partial charge in [0.2, 0.25) is 0 Å². The van der Waals surface area contributed by atoms with Crippen LogP contribution in [-0.4, -0.2) is 36.7 Å². The second-order valence-electron chi connectivity index (χ2n) is 6.37. The Morgan fingerprint density at radius 1 is 0.923 bits per heavy atom. The van der Waals surface area contributed by atoms with Gasteiger partial charge in [-0.25, -0.2) is 4.79 Å². The first-order valence-corrected chi connectivity index (χ1v) is 8.88. The molecule has 136 valence electrons. The van der Waals surface area contributed by atoms with Crippen molar-refractivity contribution in [3.05, 3.63) is 71.8 Å². The van der Waals surface area contributed by atoms with Gasteiger partial charge in [0.25, 0.3) is 0 Å². The van der Waals surface area contributed by atoms with Crippen molar-refractivity contribution in [1.29, 1.82) is 0 Å². The van der Waals surface area contributed by atoms with Crippen LogP contribution in [0.15, 0.2) is 60.7 Å². The minimum absolute atomic E-state index is 0.237. The van der Waals surface area contributed by atoms with Gasteiger partial charge in [0.15, 0.2) is 0 Å². The van der Waals surface area contributed by atoms with Gasteiger partial charge >= 0.3 is 12.1 Å². The SMILES string of the molecule is O=C(OCCc1ccccc1)C1CCN(C(=O)OCc2ccccc2)C1. The smallest absolute Gasteiger partial charge is 0.410 e. The standard InChI is InChI=1S/C21H23NO4/c23-20(25-14-12-17-7-3-1-4-8-17)19-11-13-22(15-19)21(24)26-16-18-9-5-2-6-10-18/h1-10,19H,11-16H2. The third-order valence-corrected chi connectivity index (χ3v) is 4.46. The molecule has 5 heteroatoms. The molecule has 3 rings (SSSR count). The van der Waals surface area contributed by atoms with Crippen LogP contribution in [0.1, 0.15) is 17.5 Å². The van der Waals surface area contributed by atoms with Crippen LogP contribution in [0.2, 0.25) is 0 Å². The van der Waals surface area contributed by atoms with Gasteiger partial charge in [-0.15, -0.1) is 0 Å². The van der Waals surface area contributed by atoms with Gasteiger partial charge < -0.3 is 14.4 Å². The molecule has 26 heavy (non-hydrogen) atoms. The van der Waals surface area contributed by atoms with E-state index in [4.69, 9.17) is 9.47 Å². The van der Waals surface area contributed by atoms with E-state index in [0.29, 0.717) is 32.5 Å². The summed E-state index contributed by atoms with van der Waals surface area (Å²) in [6.45, 7) is 1.48. The van der Waals surface area contributed by atoms with Crippen LogP contribution in [0.3, 0.4) is 0 Å². The number of carbonyl (C=O) groups is 2. The summed E-state index contributed by atoms with van der Waals surface area (Å²) in [7, 11) is 0. The zero-order chi connectivity index (χ0) is 18.2. The molecule has 0 bridgehead atoms. The molecule has 1 aliphatic heterocycles. The number of carbonyl (C=O) groups excluding carboxylic acids is 2. The van der Waals surface area contributed by atoms with Crippen molar-refractivity contribution in [2.24, 2.45) is 5.92 Å². The Balaban J connectivity index is 1.38. The molecule has 2 aromatic rings. The van der Waals surface area contributed by atoms with Gasteiger partial charge in [0, 0.05) is 19.5 Å². The van der Waals surface area contributed by atoms with E-state index in [1.807, 2.05) is 60.7 Å². The van der Waals surface area contributed by atoms with Crippen LogP contribution in [0.4, 0.5) is 4.79 Å². The van der Waals surface area contributed by atoms with Gasteiger partial charge in [-0.2, -0.15) is 0 Å². The van der Waals surface area contributed by atoms with E-state index >= 15 is 0 Å². The predicted molar refractivity (Wildman–Crippen MR) is 97.4 cm³/mol. The molecule has 1 amide bonds. The normalized spacial score (nSPS) is 16.3. The first kappa shape index (κ1) is 18.0. The number of ether oxygens (including phenoxy) is 2. The summed E-state index contributed by atoms with van der Waals surface area (Å²) >= 11 is 0. The van der Waals surface area contributed by atoms with Crippen molar-refractivity contribution in [1.82, 2.24) is 4.90 Å². The van der Waals surface area contributed by atoms with Gasteiger partial charge in [-0.1, -0.05) is 60.7 Å². The highest BCUT2D eigenvalue weighted by Crippen LogP contribution is 2.19. The molecule has 0 radical (unpaired) electrons. The van der Waals surface area contributed by atoms with Gasteiger partial charge in [-0.05, 0) is 17.5 Å². The summed E-state index contributed by atoms with van der Waals surface area (Å²) in [5, 5.41) is 0. The minimum atomic E-state index is -0.381. The minimum Gasteiger partial charge on any atom is -0.465 e. The van der Waals surface area contributed by atoms with E-state index in [2.05, 4.69) is 0 Å². The maximum Gasteiger partial charge on any atom is 0.410 e. The van der Waals surface area contributed by atoms with E-state index in [1.165, 1.54) is 0 Å². The largest absolute Gasteiger partial charge is 0.465 e. The van der Waals surface area contributed by atoms with Crippen LogP contribution in [-0.2, 0) is 27.3 Å². The summed E-state index contributed by atoms with van der Waals surface area (Å²) in [6, 6.07) is 19.4. The van der Waals surface area contributed by atoms with E-state index in [0.717, 1.165) is 11.1 Å². The number of rotatable bonds is 6. The maximum atomic E-state index is 12.2. The van der Waals surface area contributed by atoms with Crippen molar-refractivity contribution in [2.45, 2.75) is 19.4 Å². The summed E-state index contributed by atoms with van der Waals surface area (Å²) < 4.78 is 10.7. The number of likely N-dealkylation sites (tertiary alicyclic amines) is 1. The number of hydrogen-bond acceptors (Lipinski definition) is 4. The predicted octanol–water partition coefficient (Wildman–Crippen LogP) is 3.43. The Labute approximate surface area is 153 Å². The molecule has 0 N–H and O–H groups in total. The lowest BCUT2D eigenvalue weighted by Crippen LogP contribution is -2.31. The molecule has 5 nitrogen and oxygen atoms in total. The van der Waals surface area contributed by atoms with Crippen LogP contribution in [0.5, 0.6) is 0 Å². The van der Waals surface area contributed by atoms with Crippen LogP contribution in [0.25, 0.3) is 0 Å². The lowest BCUT2D eigenvalue weighted by molar-refractivity contribution is -0.147. The molecule has 0 spiro atoms. The Morgan fingerprint density at radius 3 is 2.27 bits per heavy atom. The fraction of sp³-hybridized carbons (Fsp3) is 0.333. The second kappa shape index (κ2) is 9.04. The molecule has 1 heterocycles. The average Bonchev–Trinajstić information content (AvgIpc) is 3.18. The summed E-state index contributed by atoms with van der Waals surface area (Å²) in [5.74, 6) is -0.505. The summed E-state index contributed by atoms with van der Waals surface area (Å²) in [4.78, 5) is 25.9. The molecule has 1 atom stereocenters. The zero-order valence-corrected chi connectivity index (χ0v) is 14.7. The molecule has 1 saturated heterocycles.